The van der Waals surface area contributed by atoms with Gasteiger partial charge in [-0.3, -0.25) is 9.69 Å². The lowest BCUT2D eigenvalue weighted by Crippen LogP contribution is -2.51. The Labute approximate surface area is 154 Å². The first kappa shape index (κ1) is 17.9. The van der Waals surface area contributed by atoms with Crippen molar-refractivity contribution in [2.45, 2.75) is 50.5 Å². The van der Waals surface area contributed by atoms with Crippen LogP contribution in [0.4, 0.5) is 4.39 Å². The third-order valence-corrected chi connectivity index (χ3v) is 5.83. The van der Waals surface area contributed by atoms with Crippen molar-refractivity contribution in [3.8, 4) is 0 Å². The summed E-state index contributed by atoms with van der Waals surface area (Å²) in [4.78, 5) is 16.5. The van der Waals surface area contributed by atoms with Gasteiger partial charge in [0.2, 0.25) is 5.91 Å². The van der Waals surface area contributed by atoms with Gasteiger partial charge in [-0.2, -0.15) is 0 Å². The number of hydrogen-bond donors (Lipinski definition) is 0. The maximum atomic E-state index is 13.1. The van der Waals surface area contributed by atoms with E-state index in [1.807, 2.05) is 17.0 Å². The number of likely N-dealkylation sites (tertiary alicyclic amines) is 1. The second-order valence-electron chi connectivity index (χ2n) is 7.51. The summed E-state index contributed by atoms with van der Waals surface area (Å²) in [5.41, 5.74) is 1.11. The number of ether oxygens (including phenoxy) is 2. The molecule has 3 atom stereocenters. The van der Waals surface area contributed by atoms with E-state index in [2.05, 4.69) is 4.90 Å². The van der Waals surface area contributed by atoms with Gasteiger partial charge in [0.1, 0.15) is 12.4 Å². The van der Waals surface area contributed by atoms with Gasteiger partial charge < -0.3 is 14.4 Å². The average Bonchev–Trinajstić information content (AvgIpc) is 3.32. The second kappa shape index (κ2) is 8.03. The van der Waals surface area contributed by atoms with Gasteiger partial charge in [0.15, 0.2) is 0 Å². The van der Waals surface area contributed by atoms with E-state index in [0.717, 1.165) is 57.4 Å². The highest BCUT2D eigenvalue weighted by Crippen LogP contribution is 2.33. The van der Waals surface area contributed by atoms with Gasteiger partial charge in [-0.1, -0.05) is 12.1 Å². The van der Waals surface area contributed by atoms with Crippen LogP contribution in [0.3, 0.4) is 0 Å². The van der Waals surface area contributed by atoms with E-state index >= 15 is 0 Å². The molecule has 5 nitrogen and oxygen atoms in total. The summed E-state index contributed by atoms with van der Waals surface area (Å²) >= 11 is 0. The summed E-state index contributed by atoms with van der Waals surface area (Å²) in [5.74, 6) is -0.101. The zero-order chi connectivity index (χ0) is 17.9. The van der Waals surface area contributed by atoms with Crippen LogP contribution < -0.4 is 0 Å². The standard InChI is InChI=1S/C20H27FN2O3/c21-16-5-3-15(4-6-16)13-23-11-12-25-20-17(23)7-8-18(20)26-14-19(24)22-9-1-2-10-22/h3-6,17-18,20H,1-2,7-14H2/t17-,18+,20+/m0/s1. The van der Waals surface area contributed by atoms with Gasteiger partial charge >= 0.3 is 0 Å². The van der Waals surface area contributed by atoms with Crippen molar-refractivity contribution in [1.29, 1.82) is 0 Å². The molecule has 1 aromatic rings. The summed E-state index contributed by atoms with van der Waals surface area (Å²) in [6.07, 6.45) is 4.14. The van der Waals surface area contributed by atoms with Crippen LogP contribution in [-0.2, 0) is 20.8 Å². The molecular formula is C20H27FN2O3. The second-order valence-corrected chi connectivity index (χ2v) is 7.51. The lowest BCUT2D eigenvalue weighted by atomic mass is 10.1. The lowest BCUT2D eigenvalue weighted by molar-refractivity contribution is -0.145. The van der Waals surface area contributed by atoms with Gasteiger partial charge in [0.25, 0.3) is 0 Å². The number of carbonyl (C=O) groups is 1. The molecule has 0 radical (unpaired) electrons. The van der Waals surface area contributed by atoms with Crippen molar-refractivity contribution in [3.63, 3.8) is 0 Å². The molecule has 3 fully saturated rings. The number of halogens is 1. The van der Waals surface area contributed by atoms with Crippen LogP contribution in [0, 0.1) is 5.82 Å². The highest BCUT2D eigenvalue weighted by molar-refractivity contribution is 5.77. The molecular weight excluding hydrogens is 335 g/mol. The van der Waals surface area contributed by atoms with Crippen molar-refractivity contribution in [1.82, 2.24) is 9.80 Å². The Bertz CT molecular complexity index is 618. The van der Waals surface area contributed by atoms with Crippen molar-refractivity contribution < 1.29 is 18.7 Å². The number of nitrogens with zero attached hydrogens (tertiary/aromatic N) is 2. The maximum Gasteiger partial charge on any atom is 0.248 e. The quantitative estimate of drug-likeness (QED) is 0.805. The van der Waals surface area contributed by atoms with E-state index in [4.69, 9.17) is 9.47 Å². The summed E-state index contributed by atoms with van der Waals surface area (Å²) in [6.45, 7) is 4.22. The van der Waals surface area contributed by atoms with Crippen LogP contribution in [0.2, 0.25) is 0 Å². The van der Waals surface area contributed by atoms with Gasteiger partial charge in [-0.05, 0) is 43.4 Å². The molecule has 1 aromatic carbocycles. The number of carbonyl (C=O) groups excluding carboxylic acids is 1. The zero-order valence-corrected chi connectivity index (χ0v) is 15.1. The van der Waals surface area contributed by atoms with Crippen LogP contribution in [0.5, 0.6) is 0 Å². The Hall–Kier alpha value is -1.50. The molecule has 0 bridgehead atoms. The number of rotatable bonds is 5. The molecule has 26 heavy (non-hydrogen) atoms. The number of benzene rings is 1. The van der Waals surface area contributed by atoms with Crippen LogP contribution in [-0.4, -0.2) is 66.8 Å². The van der Waals surface area contributed by atoms with Crippen molar-refractivity contribution in [3.05, 3.63) is 35.6 Å². The smallest absolute Gasteiger partial charge is 0.248 e. The fourth-order valence-corrected chi connectivity index (χ4v) is 4.43. The van der Waals surface area contributed by atoms with Gasteiger partial charge in [0, 0.05) is 32.2 Å². The lowest BCUT2D eigenvalue weighted by Gasteiger charge is -2.39. The number of morpholine rings is 1. The summed E-state index contributed by atoms with van der Waals surface area (Å²) < 4.78 is 25.1. The molecule has 2 saturated heterocycles. The molecule has 4 rings (SSSR count). The molecule has 2 heterocycles. The normalized spacial score (nSPS) is 29.1. The predicted octanol–water partition coefficient (Wildman–Crippen LogP) is 2.20. The van der Waals surface area contributed by atoms with Crippen LogP contribution in [0.25, 0.3) is 0 Å². The van der Waals surface area contributed by atoms with Crippen LogP contribution in [0.15, 0.2) is 24.3 Å². The molecule has 2 aliphatic heterocycles. The van der Waals surface area contributed by atoms with Gasteiger partial charge in [-0.25, -0.2) is 4.39 Å². The Morgan fingerprint density at radius 2 is 1.92 bits per heavy atom. The van der Waals surface area contributed by atoms with Crippen LogP contribution in [0.1, 0.15) is 31.2 Å². The minimum atomic E-state index is -0.203. The first-order valence-corrected chi connectivity index (χ1v) is 9.70. The highest BCUT2D eigenvalue weighted by atomic mass is 19.1. The average molecular weight is 362 g/mol. The third kappa shape index (κ3) is 3.92. The molecule has 142 valence electrons. The molecule has 1 amide bonds. The Morgan fingerprint density at radius 3 is 2.69 bits per heavy atom. The Morgan fingerprint density at radius 1 is 1.15 bits per heavy atom. The minimum Gasteiger partial charge on any atom is -0.373 e. The van der Waals surface area contributed by atoms with E-state index < -0.39 is 0 Å². The fourth-order valence-electron chi connectivity index (χ4n) is 4.43. The van der Waals surface area contributed by atoms with E-state index in [0.29, 0.717) is 12.6 Å². The maximum absolute atomic E-state index is 13.1. The first-order valence-electron chi connectivity index (χ1n) is 9.70. The summed E-state index contributed by atoms with van der Waals surface area (Å²) in [7, 11) is 0. The Kier molecular flexibility index (Phi) is 5.52. The monoisotopic (exact) mass is 362 g/mol. The molecule has 3 aliphatic rings. The summed E-state index contributed by atoms with van der Waals surface area (Å²) in [6, 6.07) is 7.02. The zero-order valence-electron chi connectivity index (χ0n) is 15.1. The van der Waals surface area contributed by atoms with Crippen molar-refractivity contribution in [2.24, 2.45) is 0 Å². The molecule has 1 saturated carbocycles. The molecule has 0 spiro atoms. The number of fused-ring (bicyclic) bond motifs is 1. The largest absolute Gasteiger partial charge is 0.373 e. The number of amides is 1. The molecule has 1 aliphatic carbocycles. The highest BCUT2D eigenvalue weighted by Gasteiger charge is 2.43. The topological polar surface area (TPSA) is 42.0 Å². The molecule has 0 N–H and O–H groups in total. The molecule has 0 unspecified atom stereocenters. The van der Waals surface area contributed by atoms with Crippen molar-refractivity contribution in [2.75, 3.05) is 32.8 Å². The number of hydrogen-bond acceptors (Lipinski definition) is 4. The van der Waals surface area contributed by atoms with Gasteiger partial charge in [0.05, 0.1) is 18.8 Å². The van der Waals surface area contributed by atoms with Crippen molar-refractivity contribution >= 4 is 5.91 Å². The Balaban J connectivity index is 1.32. The first-order chi connectivity index (χ1) is 12.7. The van der Waals surface area contributed by atoms with E-state index in [-0.39, 0.29) is 30.5 Å². The van der Waals surface area contributed by atoms with Crippen LogP contribution >= 0.6 is 0 Å². The SMILES string of the molecule is O=C(CO[C@@H]1CC[C@H]2[C@H]1OCCN2Cc1ccc(F)cc1)N1CCCC1. The van der Waals surface area contributed by atoms with E-state index in [9.17, 15) is 9.18 Å². The third-order valence-electron chi connectivity index (χ3n) is 5.83. The molecule has 6 heteroatoms. The fraction of sp³-hybridized carbons (Fsp3) is 0.650. The molecule has 0 aromatic heterocycles. The van der Waals surface area contributed by atoms with E-state index in [1.54, 1.807) is 0 Å². The summed E-state index contributed by atoms with van der Waals surface area (Å²) in [5, 5.41) is 0. The van der Waals surface area contributed by atoms with Gasteiger partial charge in [-0.15, -0.1) is 0 Å². The predicted molar refractivity (Wildman–Crippen MR) is 95.1 cm³/mol. The minimum absolute atomic E-state index is 0.0115. The van der Waals surface area contributed by atoms with E-state index in [1.165, 1.54) is 12.1 Å².